The first-order chi connectivity index (χ1) is 14.4. The van der Waals surface area contributed by atoms with Crippen molar-refractivity contribution in [3.05, 3.63) is 41.6 Å². The number of fused-ring (bicyclic) bond motifs is 3. The first-order valence-electron chi connectivity index (χ1n) is 11.4. The molecule has 0 bridgehead atoms. The van der Waals surface area contributed by atoms with E-state index in [1.807, 2.05) is 12.3 Å². The number of carbonyl (C=O) groups excluding carboxylic acids is 1. The number of aromatic amines is 1. The number of esters is 1. The van der Waals surface area contributed by atoms with E-state index in [4.69, 9.17) is 4.74 Å². The zero-order valence-electron chi connectivity index (χ0n) is 17.9. The number of allylic oxidation sites excluding steroid dienone is 1. The Labute approximate surface area is 177 Å². The number of aromatic hydroxyl groups is 1. The monoisotopic (exact) mass is 408 g/mol. The van der Waals surface area contributed by atoms with E-state index in [-0.39, 0.29) is 35.1 Å². The lowest BCUT2D eigenvalue weighted by Gasteiger charge is -2.46. The van der Waals surface area contributed by atoms with Crippen LogP contribution in [0, 0.1) is 23.2 Å². The molecule has 5 rings (SSSR count). The fraction of sp³-hybridized carbons (Fsp3) is 0.560. The van der Waals surface area contributed by atoms with Gasteiger partial charge in [0.05, 0.1) is 5.92 Å². The lowest BCUT2D eigenvalue weighted by Crippen LogP contribution is -2.40. The van der Waals surface area contributed by atoms with Gasteiger partial charge in [0.15, 0.2) is 0 Å². The van der Waals surface area contributed by atoms with Crippen LogP contribution < -0.4 is 5.32 Å². The lowest BCUT2D eigenvalue weighted by molar-refractivity contribution is -0.145. The third-order valence-electron chi connectivity index (χ3n) is 7.77. The lowest BCUT2D eigenvalue weighted by atomic mass is 9.59. The Kier molecular flexibility index (Phi) is 4.89. The van der Waals surface area contributed by atoms with Gasteiger partial charge < -0.3 is 20.1 Å². The second-order valence-electron chi connectivity index (χ2n) is 9.84. The standard InChI is InChI=1S/C25H32N2O3/c1-15-4-3-8-25(2)12-23-19(11-21(15)25)20(24(29)30-23)14-26-9-7-16-13-27-22-6-5-17(28)10-18(16)22/h5-6,10-11,13,15,19-20,23,26-28H,3-4,7-9,12,14H2,1-2H3. The quantitative estimate of drug-likeness (QED) is 0.391. The van der Waals surface area contributed by atoms with Gasteiger partial charge in [-0.2, -0.15) is 0 Å². The van der Waals surface area contributed by atoms with Crippen molar-refractivity contribution in [3.8, 4) is 5.75 Å². The first kappa shape index (κ1) is 19.7. The Morgan fingerprint density at radius 3 is 3.10 bits per heavy atom. The van der Waals surface area contributed by atoms with Crippen molar-refractivity contribution < 1.29 is 14.6 Å². The molecule has 0 radical (unpaired) electrons. The number of aromatic nitrogens is 1. The summed E-state index contributed by atoms with van der Waals surface area (Å²) in [6, 6.07) is 5.39. The van der Waals surface area contributed by atoms with Crippen LogP contribution in [0.3, 0.4) is 0 Å². The van der Waals surface area contributed by atoms with E-state index in [1.165, 1.54) is 24.8 Å². The summed E-state index contributed by atoms with van der Waals surface area (Å²) in [6.07, 6.45) is 10.0. The number of nitrogens with one attached hydrogen (secondary N) is 2. The van der Waals surface area contributed by atoms with Crippen LogP contribution in [0.15, 0.2) is 36.0 Å². The summed E-state index contributed by atoms with van der Waals surface area (Å²) in [5.41, 5.74) is 3.98. The molecule has 1 aromatic carbocycles. The van der Waals surface area contributed by atoms with Gasteiger partial charge in [-0.1, -0.05) is 31.9 Å². The average molecular weight is 409 g/mol. The third-order valence-corrected chi connectivity index (χ3v) is 7.77. The van der Waals surface area contributed by atoms with Gasteiger partial charge in [0.1, 0.15) is 11.9 Å². The molecular formula is C25H32N2O3. The van der Waals surface area contributed by atoms with Crippen LogP contribution in [0.25, 0.3) is 10.9 Å². The maximum absolute atomic E-state index is 12.6. The van der Waals surface area contributed by atoms with Crippen LogP contribution in [0.2, 0.25) is 0 Å². The highest BCUT2D eigenvalue weighted by Gasteiger charge is 2.51. The highest BCUT2D eigenvalue weighted by molar-refractivity contribution is 5.84. The zero-order valence-corrected chi connectivity index (χ0v) is 17.9. The van der Waals surface area contributed by atoms with Gasteiger partial charge in [-0.15, -0.1) is 0 Å². The smallest absolute Gasteiger partial charge is 0.311 e. The van der Waals surface area contributed by atoms with Gasteiger partial charge in [-0.25, -0.2) is 0 Å². The number of benzene rings is 1. The fourth-order valence-corrected chi connectivity index (χ4v) is 6.14. The average Bonchev–Trinajstić information content (AvgIpc) is 3.23. The van der Waals surface area contributed by atoms with E-state index in [2.05, 4.69) is 30.2 Å². The highest BCUT2D eigenvalue weighted by atomic mass is 16.6. The first-order valence-corrected chi connectivity index (χ1v) is 11.4. The normalized spacial score (nSPS) is 33.1. The molecule has 1 saturated heterocycles. The molecule has 5 atom stereocenters. The molecule has 5 unspecified atom stereocenters. The van der Waals surface area contributed by atoms with Crippen molar-refractivity contribution in [1.82, 2.24) is 10.3 Å². The van der Waals surface area contributed by atoms with Crippen molar-refractivity contribution in [2.45, 2.75) is 52.1 Å². The van der Waals surface area contributed by atoms with E-state index in [1.54, 1.807) is 17.7 Å². The van der Waals surface area contributed by atoms with Crippen molar-refractivity contribution >= 4 is 16.9 Å². The van der Waals surface area contributed by atoms with Gasteiger partial charge in [-0.3, -0.25) is 4.79 Å². The molecule has 1 aliphatic heterocycles. The summed E-state index contributed by atoms with van der Waals surface area (Å²) in [5.74, 6) is 0.978. The number of rotatable bonds is 5. The molecule has 1 aromatic heterocycles. The minimum atomic E-state index is -0.0896. The largest absolute Gasteiger partial charge is 0.508 e. The predicted molar refractivity (Wildman–Crippen MR) is 117 cm³/mol. The van der Waals surface area contributed by atoms with Crippen LogP contribution in [-0.2, 0) is 16.0 Å². The number of hydrogen-bond acceptors (Lipinski definition) is 4. The molecule has 30 heavy (non-hydrogen) atoms. The minimum Gasteiger partial charge on any atom is -0.508 e. The van der Waals surface area contributed by atoms with Crippen molar-refractivity contribution in [2.24, 2.45) is 23.2 Å². The summed E-state index contributed by atoms with van der Waals surface area (Å²) in [7, 11) is 0. The van der Waals surface area contributed by atoms with E-state index >= 15 is 0 Å². The van der Waals surface area contributed by atoms with Crippen LogP contribution in [0.1, 0.15) is 45.1 Å². The molecule has 5 nitrogen and oxygen atoms in total. The molecule has 0 spiro atoms. The molecule has 2 fully saturated rings. The summed E-state index contributed by atoms with van der Waals surface area (Å²) >= 11 is 0. The Morgan fingerprint density at radius 2 is 2.23 bits per heavy atom. The number of phenols is 1. The van der Waals surface area contributed by atoms with E-state index < -0.39 is 0 Å². The van der Waals surface area contributed by atoms with E-state index in [9.17, 15) is 9.90 Å². The number of H-pyrrole nitrogens is 1. The number of carbonyl (C=O) groups is 1. The maximum atomic E-state index is 12.6. The SMILES string of the molecule is CC1CCCC2(C)CC3OC(=O)C(CNCCc4c[nH]c5ccc(O)cc45)C3C=C12. The van der Waals surface area contributed by atoms with Crippen LogP contribution >= 0.6 is 0 Å². The summed E-state index contributed by atoms with van der Waals surface area (Å²) in [5, 5.41) is 14.3. The molecule has 3 N–H and O–H groups in total. The Bertz CT molecular complexity index is 993. The number of phenolic OH excluding ortho intramolecular Hbond substituents is 1. The topological polar surface area (TPSA) is 74.3 Å². The van der Waals surface area contributed by atoms with E-state index in [0.717, 1.165) is 30.3 Å². The van der Waals surface area contributed by atoms with Crippen molar-refractivity contribution in [1.29, 1.82) is 0 Å². The maximum Gasteiger partial charge on any atom is 0.311 e. The molecule has 1 saturated carbocycles. The van der Waals surface area contributed by atoms with Crippen LogP contribution in [0.5, 0.6) is 5.75 Å². The summed E-state index contributed by atoms with van der Waals surface area (Å²) in [6.45, 7) is 6.15. The summed E-state index contributed by atoms with van der Waals surface area (Å²) in [4.78, 5) is 15.9. The molecule has 3 aliphatic rings. The third kappa shape index (κ3) is 3.33. The molecule has 5 heteroatoms. The molecule has 2 aliphatic carbocycles. The van der Waals surface area contributed by atoms with Gasteiger partial charge in [0.2, 0.25) is 0 Å². The molecule has 0 amide bonds. The van der Waals surface area contributed by atoms with Crippen molar-refractivity contribution in [2.75, 3.05) is 13.1 Å². The minimum absolute atomic E-state index is 0.0405. The molecule has 160 valence electrons. The molecular weight excluding hydrogens is 376 g/mol. The summed E-state index contributed by atoms with van der Waals surface area (Å²) < 4.78 is 5.84. The second-order valence-corrected chi connectivity index (χ2v) is 9.84. The Morgan fingerprint density at radius 1 is 1.37 bits per heavy atom. The van der Waals surface area contributed by atoms with Gasteiger partial charge in [-0.05, 0) is 67.3 Å². The number of hydrogen-bond donors (Lipinski definition) is 3. The second kappa shape index (κ2) is 7.45. The Balaban J connectivity index is 1.24. The van der Waals surface area contributed by atoms with Gasteiger partial charge in [0, 0.05) is 29.6 Å². The van der Waals surface area contributed by atoms with Gasteiger partial charge in [0.25, 0.3) is 0 Å². The van der Waals surface area contributed by atoms with E-state index in [0.29, 0.717) is 12.5 Å². The zero-order chi connectivity index (χ0) is 20.9. The molecule has 2 heterocycles. The molecule has 2 aromatic rings. The Hall–Kier alpha value is -2.27. The van der Waals surface area contributed by atoms with Crippen LogP contribution in [-0.4, -0.2) is 35.3 Å². The fourth-order valence-electron chi connectivity index (χ4n) is 6.14. The van der Waals surface area contributed by atoms with Crippen molar-refractivity contribution in [3.63, 3.8) is 0 Å². The van der Waals surface area contributed by atoms with Crippen LogP contribution in [0.4, 0.5) is 0 Å². The van der Waals surface area contributed by atoms with Gasteiger partial charge >= 0.3 is 5.97 Å². The highest BCUT2D eigenvalue weighted by Crippen LogP contribution is 2.53. The predicted octanol–water partition coefficient (Wildman–Crippen LogP) is 4.32. The number of ether oxygens (including phenoxy) is 1.